The summed E-state index contributed by atoms with van der Waals surface area (Å²) in [4.78, 5) is 41.3. The van der Waals surface area contributed by atoms with E-state index in [1.54, 1.807) is 24.3 Å². The van der Waals surface area contributed by atoms with Gasteiger partial charge in [-0.05, 0) is 36.8 Å². The largest absolute Gasteiger partial charge is 0.322 e. The van der Waals surface area contributed by atoms with Crippen LogP contribution in [0.5, 0.6) is 0 Å². The van der Waals surface area contributed by atoms with Gasteiger partial charge < -0.3 is 10.6 Å². The van der Waals surface area contributed by atoms with Crippen molar-refractivity contribution in [3.63, 3.8) is 0 Å². The summed E-state index contributed by atoms with van der Waals surface area (Å²) in [5, 5.41) is 19.2. The summed E-state index contributed by atoms with van der Waals surface area (Å²) in [6.45, 7) is 1.92. The predicted octanol–water partition coefficient (Wildman–Crippen LogP) is 7.13. The van der Waals surface area contributed by atoms with Crippen LogP contribution in [0.15, 0.2) is 83.1 Å². The third-order valence-corrected chi connectivity index (χ3v) is 7.68. The van der Waals surface area contributed by atoms with E-state index in [2.05, 4.69) is 15.6 Å². The van der Waals surface area contributed by atoms with Crippen LogP contribution in [0, 0.1) is 10.1 Å². The third kappa shape index (κ3) is 6.73. The maximum atomic E-state index is 13.0. The van der Waals surface area contributed by atoms with E-state index in [4.69, 9.17) is 11.6 Å². The number of hydrogen-bond acceptors (Lipinski definition) is 7. The lowest BCUT2D eigenvalue weighted by molar-refractivity contribution is -0.384. The maximum Gasteiger partial charge on any atom is 0.270 e. The fourth-order valence-corrected chi connectivity index (χ4v) is 5.37. The molecule has 1 heterocycles. The van der Waals surface area contributed by atoms with Gasteiger partial charge in [0.15, 0.2) is 5.13 Å². The van der Waals surface area contributed by atoms with Crippen LogP contribution in [-0.4, -0.2) is 27.0 Å². The van der Waals surface area contributed by atoms with Crippen molar-refractivity contribution in [2.45, 2.75) is 23.5 Å². The van der Waals surface area contributed by atoms with Gasteiger partial charge in [-0.2, -0.15) is 0 Å². The zero-order valence-electron chi connectivity index (χ0n) is 19.5. The van der Waals surface area contributed by atoms with Crippen molar-refractivity contribution in [2.75, 3.05) is 10.6 Å². The Morgan fingerprint density at radius 1 is 1.08 bits per heavy atom. The van der Waals surface area contributed by atoms with Gasteiger partial charge in [0, 0.05) is 44.2 Å². The highest BCUT2D eigenvalue weighted by molar-refractivity contribution is 8.00. The van der Waals surface area contributed by atoms with Gasteiger partial charge in [0.25, 0.3) is 11.6 Å². The molecule has 0 aliphatic carbocycles. The van der Waals surface area contributed by atoms with E-state index in [-0.39, 0.29) is 17.2 Å². The summed E-state index contributed by atoms with van der Waals surface area (Å²) in [6.07, 6.45) is 0.573. The molecular weight excluding hydrogens is 532 g/mol. The van der Waals surface area contributed by atoms with Crippen molar-refractivity contribution in [1.82, 2.24) is 4.98 Å². The Balaban J connectivity index is 1.41. The van der Waals surface area contributed by atoms with Gasteiger partial charge in [0.2, 0.25) is 5.91 Å². The third-order valence-electron chi connectivity index (χ3n) is 5.24. The fourth-order valence-electron chi connectivity index (χ4n) is 3.41. The Hall–Kier alpha value is -3.73. The second-order valence-electron chi connectivity index (χ2n) is 7.81. The normalized spacial score (nSPS) is 11.5. The van der Waals surface area contributed by atoms with Gasteiger partial charge in [-0.3, -0.25) is 19.7 Å². The number of aromatic nitrogens is 1. The zero-order valence-corrected chi connectivity index (χ0v) is 21.9. The molecule has 0 spiro atoms. The lowest BCUT2D eigenvalue weighted by atomic mass is 10.2. The molecule has 0 saturated carbocycles. The van der Waals surface area contributed by atoms with E-state index < -0.39 is 16.1 Å². The monoisotopic (exact) mass is 552 g/mol. The number of nitrogens with zero attached hydrogens (tertiary/aromatic N) is 2. The SMILES string of the molecule is CCC(Sc1cccc(NC(=O)c2cccc([N+](=O)[O-])c2)c1)C(=O)Nc1nc(-c2ccccc2Cl)cs1. The van der Waals surface area contributed by atoms with E-state index in [0.717, 1.165) is 10.5 Å². The Morgan fingerprint density at radius 2 is 1.86 bits per heavy atom. The lowest BCUT2D eigenvalue weighted by Crippen LogP contribution is -2.24. The van der Waals surface area contributed by atoms with E-state index in [1.807, 2.05) is 36.6 Å². The number of rotatable bonds is 9. The Bertz CT molecular complexity index is 1460. The standard InChI is InChI=1S/C26H21ClN4O4S2/c1-2-23(25(33)30-26-29-22(15-36-26)20-11-3-4-12-21(20)27)37-19-10-6-8-17(14-19)28-24(32)16-7-5-9-18(13-16)31(34)35/h3-15,23H,2H2,1H3,(H,28,32)(H,29,30,33). The summed E-state index contributed by atoms with van der Waals surface area (Å²) >= 11 is 8.95. The van der Waals surface area contributed by atoms with Crippen molar-refractivity contribution in [1.29, 1.82) is 0 Å². The number of hydrogen-bond donors (Lipinski definition) is 2. The molecule has 0 bridgehead atoms. The molecule has 2 N–H and O–H groups in total. The molecule has 188 valence electrons. The molecule has 0 aliphatic heterocycles. The molecule has 11 heteroatoms. The van der Waals surface area contributed by atoms with E-state index in [9.17, 15) is 19.7 Å². The highest BCUT2D eigenvalue weighted by atomic mass is 35.5. The molecule has 0 aliphatic rings. The highest BCUT2D eigenvalue weighted by Gasteiger charge is 2.20. The minimum absolute atomic E-state index is 0.159. The second-order valence-corrected chi connectivity index (χ2v) is 10.4. The minimum atomic E-state index is -0.548. The van der Waals surface area contributed by atoms with E-state index in [0.29, 0.717) is 28.0 Å². The molecule has 0 radical (unpaired) electrons. The summed E-state index contributed by atoms with van der Waals surface area (Å²) < 4.78 is 0. The van der Waals surface area contributed by atoms with Gasteiger partial charge in [-0.15, -0.1) is 23.1 Å². The zero-order chi connectivity index (χ0) is 26.4. The van der Waals surface area contributed by atoms with Crippen molar-refractivity contribution in [3.8, 4) is 11.3 Å². The number of carbonyl (C=O) groups excluding carboxylic acids is 2. The van der Waals surface area contributed by atoms with Gasteiger partial charge in [0.1, 0.15) is 0 Å². The second kappa shape index (κ2) is 12.0. The van der Waals surface area contributed by atoms with Crippen LogP contribution in [0.2, 0.25) is 5.02 Å². The molecule has 3 aromatic carbocycles. The average Bonchev–Trinajstić information content (AvgIpc) is 3.35. The number of nitro benzene ring substituents is 1. The smallest absolute Gasteiger partial charge is 0.270 e. The number of thiazole rings is 1. The van der Waals surface area contributed by atoms with Gasteiger partial charge >= 0.3 is 0 Å². The van der Waals surface area contributed by atoms with Gasteiger partial charge in [-0.1, -0.05) is 48.9 Å². The van der Waals surface area contributed by atoms with Gasteiger partial charge in [-0.25, -0.2) is 4.98 Å². The molecular formula is C26H21ClN4O4S2. The maximum absolute atomic E-state index is 13.0. The van der Waals surface area contributed by atoms with Crippen LogP contribution in [0.3, 0.4) is 0 Å². The molecule has 2 amide bonds. The first kappa shape index (κ1) is 26.3. The van der Waals surface area contributed by atoms with Crippen molar-refractivity contribution < 1.29 is 14.5 Å². The molecule has 4 rings (SSSR count). The predicted molar refractivity (Wildman–Crippen MR) is 149 cm³/mol. The number of nitrogens with one attached hydrogen (secondary N) is 2. The summed E-state index contributed by atoms with van der Waals surface area (Å²) in [5.74, 6) is -0.646. The van der Waals surface area contributed by atoms with Crippen LogP contribution in [0.1, 0.15) is 23.7 Å². The molecule has 37 heavy (non-hydrogen) atoms. The van der Waals surface area contributed by atoms with Crippen molar-refractivity contribution in [2.24, 2.45) is 0 Å². The Labute approximate surface area is 226 Å². The van der Waals surface area contributed by atoms with Crippen molar-refractivity contribution in [3.05, 3.63) is 98.9 Å². The van der Waals surface area contributed by atoms with Crippen LogP contribution < -0.4 is 10.6 Å². The number of non-ortho nitro benzene ring substituents is 1. The van der Waals surface area contributed by atoms with E-state index >= 15 is 0 Å². The number of thioether (sulfide) groups is 1. The van der Waals surface area contributed by atoms with Gasteiger partial charge in [0.05, 0.1) is 15.9 Å². The lowest BCUT2D eigenvalue weighted by Gasteiger charge is -2.14. The molecule has 1 aromatic heterocycles. The number of anilines is 2. The van der Waals surface area contributed by atoms with Crippen LogP contribution in [0.25, 0.3) is 11.3 Å². The molecule has 0 fully saturated rings. The Kier molecular flexibility index (Phi) is 8.54. The number of benzene rings is 3. The summed E-state index contributed by atoms with van der Waals surface area (Å²) in [7, 11) is 0. The number of nitro groups is 1. The Morgan fingerprint density at radius 3 is 2.62 bits per heavy atom. The first-order valence-electron chi connectivity index (χ1n) is 11.2. The number of carbonyl (C=O) groups is 2. The summed E-state index contributed by atoms with van der Waals surface area (Å²) in [5.41, 5.74) is 2.02. The molecule has 8 nitrogen and oxygen atoms in total. The molecule has 4 aromatic rings. The van der Waals surface area contributed by atoms with Crippen LogP contribution in [0.4, 0.5) is 16.5 Å². The topological polar surface area (TPSA) is 114 Å². The average molecular weight is 553 g/mol. The minimum Gasteiger partial charge on any atom is -0.322 e. The first-order valence-corrected chi connectivity index (χ1v) is 13.3. The first-order chi connectivity index (χ1) is 17.8. The molecule has 1 unspecified atom stereocenters. The van der Waals surface area contributed by atoms with Crippen LogP contribution >= 0.6 is 34.7 Å². The quantitative estimate of drug-likeness (QED) is 0.130. The van der Waals surface area contributed by atoms with Crippen molar-refractivity contribution >= 4 is 63.0 Å². The van der Waals surface area contributed by atoms with E-state index in [1.165, 1.54) is 47.4 Å². The number of halogens is 1. The number of amides is 2. The molecule has 0 saturated heterocycles. The fraction of sp³-hybridized carbons (Fsp3) is 0.115. The summed E-state index contributed by atoms with van der Waals surface area (Å²) in [6, 6.07) is 20.0. The molecule has 1 atom stereocenters. The van der Waals surface area contributed by atoms with Crippen LogP contribution in [-0.2, 0) is 4.79 Å². The highest BCUT2D eigenvalue weighted by Crippen LogP contribution is 2.32.